The highest BCUT2D eigenvalue weighted by Gasteiger charge is 2.17. The molecule has 0 bridgehead atoms. The molecule has 0 radical (unpaired) electrons. The molecule has 1 heterocycles. The van der Waals surface area contributed by atoms with Gasteiger partial charge in [-0.3, -0.25) is 4.79 Å². The second-order valence-electron chi connectivity index (χ2n) is 3.86. The van der Waals surface area contributed by atoms with Gasteiger partial charge in [0.15, 0.2) is 0 Å². The number of carbonyl (C=O) groups is 1. The molecule has 1 aromatic carbocycles. The Bertz CT molecular complexity index is 585. The van der Waals surface area contributed by atoms with Gasteiger partial charge in [0.1, 0.15) is 17.3 Å². The van der Waals surface area contributed by atoms with E-state index in [2.05, 4.69) is 9.97 Å². The Labute approximate surface area is 109 Å². The van der Waals surface area contributed by atoms with E-state index >= 15 is 0 Å². The van der Waals surface area contributed by atoms with E-state index in [1.165, 1.54) is 29.4 Å². The lowest BCUT2D eigenvalue weighted by molar-refractivity contribution is 0.0983. The molecule has 0 spiro atoms. The molecule has 0 saturated heterocycles. The molecule has 0 unspecified atom stereocenters. The third-order valence-electron chi connectivity index (χ3n) is 2.57. The highest BCUT2D eigenvalue weighted by Crippen LogP contribution is 2.17. The SMILES string of the molecule is CCN(C(=O)c1cnc(N)cn1)c1cccc(F)c1. The third kappa shape index (κ3) is 2.85. The Balaban J connectivity index is 2.31. The van der Waals surface area contributed by atoms with Crippen molar-refractivity contribution in [3.8, 4) is 0 Å². The van der Waals surface area contributed by atoms with Crippen LogP contribution in [0.3, 0.4) is 0 Å². The van der Waals surface area contributed by atoms with Gasteiger partial charge in [0.05, 0.1) is 12.4 Å². The Morgan fingerprint density at radius 1 is 1.37 bits per heavy atom. The number of hydrogen-bond acceptors (Lipinski definition) is 4. The smallest absolute Gasteiger partial charge is 0.278 e. The molecule has 1 aromatic heterocycles. The Hall–Kier alpha value is -2.50. The summed E-state index contributed by atoms with van der Waals surface area (Å²) in [7, 11) is 0. The number of nitrogens with two attached hydrogens (primary N) is 1. The summed E-state index contributed by atoms with van der Waals surface area (Å²) >= 11 is 0. The summed E-state index contributed by atoms with van der Waals surface area (Å²) in [5.74, 6) is -0.502. The van der Waals surface area contributed by atoms with Crippen molar-refractivity contribution in [2.75, 3.05) is 17.2 Å². The van der Waals surface area contributed by atoms with Crippen LogP contribution < -0.4 is 10.6 Å². The summed E-state index contributed by atoms with van der Waals surface area (Å²) in [4.78, 5) is 21.4. The largest absolute Gasteiger partial charge is 0.382 e. The lowest BCUT2D eigenvalue weighted by atomic mass is 10.2. The molecule has 1 amide bonds. The lowest BCUT2D eigenvalue weighted by Crippen LogP contribution is -2.31. The number of anilines is 2. The number of amides is 1. The number of nitrogens with zero attached hydrogens (tertiary/aromatic N) is 3. The molecule has 0 aliphatic carbocycles. The maximum absolute atomic E-state index is 13.2. The van der Waals surface area contributed by atoms with E-state index in [0.717, 1.165) is 0 Å². The fourth-order valence-corrected chi connectivity index (χ4v) is 1.67. The molecular weight excluding hydrogens is 247 g/mol. The van der Waals surface area contributed by atoms with Crippen molar-refractivity contribution in [2.45, 2.75) is 6.92 Å². The molecule has 5 nitrogen and oxygen atoms in total. The first-order valence-electron chi connectivity index (χ1n) is 5.76. The third-order valence-corrected chi connectivity index (χ3v) is 2.57. The first-order valence-corrected chi connectivity index (χ1v) is 5.76. The minimum Gasteiger partial charge on any atom is -0.382 e. The molecular formula is C13H13FN4O. The van der Waals surface area contributed by atoms with Crippen LogP contribution in [0.4, 0.5) is 15.9 Å². The fourth-order valence-electron chi connectivity index (χ4n) is 1.67. The predicted octanol–water partition coefficient (Wildman–Crippen LogP) is 1.86. The minimum absolute atomic E-state index is 0.167. The number of halogens is 1. The van der Waals surface area contributed by atoms with Crippen LogP contribution in [0.1, 0.15) is 17.4 Å². The summed E-state index contributed by atoms with van der Waals surface area (Å²) in [6.45, 7) is 2.20. The summed E-state index contributed by atoms with van der Waals surface area (Å²) in [5.41, 5.74) is 6.06. The van der Waals surface area contributed by atoms with Crippen molar-refractivity contribution in [3.05, 3.63) is 48.2 Å². The van der Waals surface area contributed by atoms with Gasteiger partial charge in [-0.05, 0) is 25.1 Å². The van der Waals surface area contributed by atoms with Crippen LogP contribution in [0.25, 0.3) is 0 Å². The van der Waals surface area contributed by atoms with E-state index in [9.17, 15) is 9.18 Å². The van der Waals surface area contributed by atoms with Crippen LogP contribution in [-0.4, -0.2) is 22.4 Å². The van der Waals surface area contributed by atoms with Gasteiger partial charge in [-0.1, -0.05) is 6.07 Å². The molecule has 0 atom stereocenters. The van der Waals surface area contributed by atoms with E-state index < -0.39 is 5.82 Å². The van der Waals surface area contributed by atoms with E-state index in [4.69, 9.17) is 5.73 Å². The van der Waals surface area contributed by atoms with Gasteiger partial charge in [0.2, 0.25) is 0 Å². The molecule has 2 rings (SSSR count). The number of benzene rings is 1. The number of hydrogen-bond donors (Lipinski definition) is 1. The van der Waals surface area contributed by atoms with Crippen molar-refractivity contribution in [2.24, 2.45) is 0 Å². The summed E-state index contributed by atoms with van der Waals surface area (Å²) in [5, 5.41) is 0. The van der Waals surface area contributed by atoms with Crippen LogP contribution in [0, 0.1) is 5.82 Å². The number of aromatic nitrogens is 2. The van der Waals surface area contributed by atoms with E-state index in [0.29, 0.717) is 12.2 Å². The van der Waals surface area contributed by atoms with E-state index in [1.807, 2.05) is 0 Å². The maximum atomic E-state index is 13.2. The number of rotatable bonds is 3. The topological polar surface area (TPSA) is 72.1 Å². The second kappa shape index (κ2) is 5.43. The molecule has 0 aliphatic rings. The number of carbonyl (C=O) groups excluding carboxylic acids is 1. The standard InChI is InChI=1S/C13H13FN4O/c1-2-18(10-5-3-4-9(14)6-10)13(19)11-7-17-12(15)8-16-11/h3-8H,2H2,1H3,(H2,15,17). The van der Waals surface area contributed by atoms with Gasteiger partial charge < -0.3 is 10.6 Å². The minimum atomic E-state index is -0.396. The predicted molar refractivity (Wildman–Crippen MR) is 70.2 cm³/mol. The van der Waals surface area contributed by atoms with Gasteiger partial charge >= 0.3 is 0 Å². The van der Waals surface area contributed by atoms with E-state index in [1.54, 1.807) is 19.1 Å². The maximum Gasteiger partial charge on any atom is 0.278 e. The van der Waals surface area contributed by atoms with Crippen LogP contribution in [0.15, 0.2) is 36.7 Å². The molecule has 0 aliphatic heterocycles. The average molecular weight is 260 g/mol. The highest BCUT2D eigenvalue weighted by molar-refractivity contribution is 6.04. The van der Waals surface area contributed by atoms with E-state index in [-0.39, 0.29) is 17.4 Å². The van der Waals surface area contributed by atoms with Crippen molar-refractivity contribution in [1.29, 1.82) is 0 Å². The average Bonchev–Trinajstić information content (AvgIpc) is 2.40. The van der Waals surface area contributed by atoms with Crippen LogP contribution in [0.5, 0.6) is 0 Å². The number of nitrogen functional groups attached to an aromatic ring is 1. The molecule has 2 aromatic rings. The van der Waals surface area contributed by atoms with Crippen LogP contribution in [0.2, 0.25) is 0 Å². The second-order valence-corrected chi connectivity index (χ2v) is 3.86. The monoisotopic (exact) mass is 260 g/mol. The fraction of sp³-hybridized carbons (Fsp3) is 0.154. The van der Waals surface area contributed by atoms with Gasteiger partial charge in [-0.2, -0.15) is 0 Å². The zero-order chi connectivity index (χ0) is 13.8. The van der Waals surface area contributed by atoms with Crippen molar-refractivity contribution in [3.63, 3.8) is 0 Å². The Morgan fingerprint density at radius 2 is 2.16 bits per heavy atom. The lowest BCUT2D eigenvalue weighted by Gasteiger charge is -2.20. The Morgan fingerprint density at radius 3 is 2.74 bits per heavy atom. The van der Waals surface area contributed by atoms with Gasteiger partial charge in [-0.25, -0.2) is 14.4 Å². The van der Waals surface area contributed by atoms with Gasteiger partial charge in [-0.15, -0.1) is 0 Å². The first kappa shape index (κ1) is 12.9. The summed E-state index contributed by atoms with van der Waals surface area (Å²) < 4.78 is 13.2. The molecule has 98 valence electrons. The molecule has 0 fully saturated rings. The highest BCUT2D eigenvalue weighted by atomic mass is 19.1. The van der Waals surface area contributed by atoms with Crippen molar-refractivity contribution < 1.29 is 9.18 Å². The normalized spacial score (nSPS) is 10.2. The van der Waals surface area contributed by atoms with Gasteiger partial charge in [0, 0.05) is 12.2 Å². The zero-order valence-electron chi connectivity index (χ0n) is 10.4. The van der Waals surface area contributed by atoms with Crippen LogP contribution in [-0.2, 0) is 0 Å². The molecule has 2 N–H and O–H groups in total. The zero-order valence-corrected chi connectivity index (χ0v) is 10.4. The molecule has 0 saturated carbocycles. The van der Waals surface area contributed by atoms with Gasteiger partial charge in [0.25, 0.3) is 5.91 Å². The summed E-state index contributed by atoms with van der Waals surface area (Å²) in [6.07, 6.45) is 2.62. The van der Waals surface area contributed by atoms with Crippen molar-refractivity contribution >= 4 is 17.4 Å². The van der Waals surface area contributed by atoms with Crippen molar-refractivity contribution in [1.82, 2.24) is 9.97 Å². The molecule has 6 heteroatoms. The first-order chi connectivity index (χ1) is 9.11. The van der Waals surface area contributed by atoms with Crippen LogP contribution >= 0.6 is 0 Å². The Kier molecular flexibility index (Phi) is 3.70. The quantitative estimate of drug-likeness (QED) is 0.914. The summed E-state index contributed by atoms with van der Waals surface area (Å²) in [6, 6.07) is 5.83. The molecule has 19 heavy (non-hydrogen) atoms.